The van der Waals surface area contributed by atoms with Crippen molar-refractivity contribution in [3.8, 4) is 0 Å². The predicted octanol–water partition coefficient (Wildman–Crippen LogP) is 3.40. The smallest absolute Gasteiger partial charge is 0.337 e. The second-order valence-corrected chi connectivity index (χ2v) is 5.82. The topological polar surface area (TPSA) is 78.4 Å². The zero-order valence-corrected chi connectivity index (χ0v) is 12.5. The number of para-hydroxylation sites is 1. The zero-order chi connectivity index (χ0) is 15.5. The number of aryl methyl sites for hydroxylation is 1. The van der Waals surface area contributed by atoms with Crippen LogP contribution in [0.5, 0.6) is 0 Å². The molecule has 1 fully saturated rings. The number of aromatic carboxylic acids is 1. The Bertz CT molecular complexity index is 545. The van der Waals surface area contributed by atoms with E-state index in [0.717, 1.165) is 24.8 Å². The molecule has 0 saturated heterocycles. The summed E-state index contributed by atoms with van der Waals surface area (Å²) in [7, 11) is 0. The van der Waals surface area contributed by atoms with Crippen molar-refractivity contribution in [1.29, 1.82) is 0 Å². The monoisotopic (exact) mass is 290 g/mol. The summed E-state index contributed by atoms with van der Waals surface area (Å²) in [5.74, 6) is -1.04. The molecule has 0 atom stereocenters. The lowest BCUT2D eigenvalue weighted by molar-refractivity contribution is 0.0698. The molecule has 2 amide bonds. The van der Waals surface area contributed by atoms with Gasteiger partial charge >= 0.3 is 12.0 Å². The van der Waals surface area contributed by atoms with Gasteiger partial charge in [0.05, 0.1) is 11.3 Å². The summed E-state index contributed by atoms with van der Waals surface area (Å²) in [6, 6.07) is 4.60. The van der Waals surface area contributed by atoms with E-state index in [4.69, 9.17) is 0 Å². The fraction of sp³-hybridized carbons (Fsp3) is 0.500. The van der Waals surface area contributed by atoms with E-state index in [9.17, 15) is 14.7 Å². The quantitative estimate of drug-likeness (QED) is 0.777. The van der Waals surface area contributed by atoms with E-state index in [2.05, 4.69) is 17.6 Å². The molecule has 1 aromatic rings. The van der Waals surface area contributed by atoms with Crippen LogP contribution in [0.25, 0.3) is 0 Å². The zero-order valence-electron chi connectivity index (χ0n) is 12.5. The minimum absolute atomic E-state index is 0.110. The van der Waals surface area contributed by atoms with Gasteiger partial charge in [0.2, 0.25) is 0 Å². The van der Waals surface area contributed by atoms with Crippen molar-refractivity contribution >= 4 is 17.7 Å². The van der Waals surface area contributed by atoms with Crippen LogP contribution in [-0.4, -0.2) is 23.7 Å². The fourth-order valence-electron chi connectivity index (χ4n) is 2.77. The molecule has 0 radical (unpaired) electrons. The van der Waals surface area contributed by atoms with E-state index in [-0.39, 0.29) is 17.0 Å². The number of carbonyl (C=O) groups is 2. The molecule has 0 bridgehead atoms. The predicted molar refractivity (Wildman–Crippen MR) is 81.7 cm³/mol. The van der Waals surface area contributed by atoms with Crippen LogP contribution < -0.4 is 10.6 Å². The summed E-state index contributed by atoms with van der Waals surface area (Å²) in [5, 5.41) is 14.7. The largest absolute Gasteiger partial charge is 0.478 e. The van der Waals surface area contributed by atoms with E-state index in [1.54, 1.807) is 19.1 Å². The summed E-state index contributed by atoms with van der Waals surface area (Å²) in [6.45, 7) is 4.56. The number of nitrogens with one attached hydrogen (secondary N) is 2. The van der Waals surface area contributed by atoms with Crippen LogP contribution in [-0.2, 0) is 0 Å². The number of carbonyl (C=O) groups excluding carboxylic acids is 1. The molecule has 0 aliphatic heterocycles. The number of anilines is 1. The van der Waals surface area contributed by atoms with Gasteiger partial charge in [0.25, 0.3) is 0 Å². The third-order valence-corrected chi connectivity index (χ3v) is 4.53. The molecule has 3 N–H and O–H groups in total. The van der Waals surface area contributed by atoms with Crippen molar-refractivity contribution in [3.63, 3.8) is 0 Å². The second kappa shape index (κ2) is 6.16. The van der Waals surface area contributed by atoms with Crippen molar-refractivity contribution in [2.24, 2.45) is 5.41 Å². The Morgan fingerprint density at radius 1 is 1.33 bits per heavy atom. The first-order valence-electron chi connectivity index (χ1n) is 7.35. The Morgan fingerprint density at radius 3 is 2.57 bits per heavy atom. The molecular weight excluding hydrogens is 268 g/mol. The van der Waals surface area contributed by atoms with Crippen LogP contribution in [0.2, 0.25) is 0 Å². The molecular formula is C16H22N2O3. The van der Waals surface area contributed by atoms with E-state index in [0.29, 0.717) is 12.2 Å². The Hall–Kier alpha value is -2.04. The first kappa shape index (κ1) is 15.4. The summed E-state index contributed by atoms with van der Waals surface area (Å²) in [5.41, 5.74) is 1.44. The van der Waals surface area contributed by atoms with Crippen LogP contribution in [0.1, 0.15) is 48.5 Å². The van der Waals surface area contributed by atoms with Crippen molar-refractivity contribution in [1.82, 2.24) is 5.32 Å². The highest BCUT2D eigenvalue weighted by Gasteiger charge is 2.35. The normalized spacial score (nSPS) is 15.9. The van der Waals surface area contributed by atoms with Gasteiger partial charge in [-0.15, -0.1) is 0 Å². The summed E-state index contributed by atoms with van der Waals surface area (Å²) < 4.78 is 0. The third-order valence-electron chi connectivity index (χ3n) is 4.53. The maximum Gasteiger partial charge on any atom is 0.337 e. The fourth-order valence-corrected chi connectivity index (χ4v) is 2.77. The van der Waals surface area contributed by atoms with Gasteiger partial charge in [-0.3, -0.25) is 0 Å². The van der Waals surface area contributed by atoms with Crippen molar-refractivity contribution < 1.29 is 14.7 Å². The second-order valence-electron chi connectivity index (χ2n) is 5.82. The Balaban J connectivity index is 2.01. The first-order chi connectivity index (χ1) is 9.97. The number of hydrogen-bond acceptors (Lipinski definition) is 2. The van der Waals surface area contributed by atoms with Crippen molar-refractivity contribution in [2.75, 3.05) is 11.9 Å². The molecule has 1 aliphatic rings. The van der Waals surface area contributed by atoms with Gasteiger partial charge in [0, 0.05) is 6.54 Å². The van der Waals surface area contributed by atoms with Crippen molar-refractivity contribution in [2.45, 2.75) is 39.5 Å². The van der Waals surface area contributed by atoms with Crippen LogP contribution in [0.15, 0.2) is 18.2 Å². The molecule has 1 aromatic carbocycles. The summed E-state index contributed by atoms with van der Waals surface area (Å²) >= 11 is 0. The molecule has 114 valence electrons. The van der Waals surface area contributed by atoms with Crippen LogP contribution in [0, 0.1) is 12.3 Å². The average Bonchev–Trinajstić information content (AvgIpc) is 2.40. The first-order valence-corrected chi connectivity index (χ1v) is 7.35. The lowest BCUT2D eigenvalue weighted by Gasteiger charge is -2.41. The number of hydrogen-bond donors (Lipinski definition) is 3. The highest BCUT2D eigenvalue weighted by molar-refractivity contribution is 6.00. The summed E-state index contributed by atoms with van der Waals surface area (Å²) in [6.07, 6.45) is 4.57. The Labute approximate surface area is 124 Å². The number of amides is 2. The highest BCUT2D eigenvalue weighted by atomic mass is 16.4. The maximum atomic E-state index is 12.0. The Kier molecular flexibility index (Phi) is 4.50. The number of carboxylic acid groups (broad SMARTS) is 1. The molecule has 21 heavy (non-hydrogen) atoms. The van der Waals surface area contributed by atoms with Gasteiger partial charge in [0.1, 0.15) is 0 Å². The van der Waals surface area contributed by atoms with Gasteiger partial charge < -0.3 is 15.7 Å². The molecule has 1 saturated carbocycles. The Morgan fingerprint density at radius 2 is 2.05 bits per heavy atom. The van der Waals surface area contributed by atoms with Gasteiger partial charge in [-0.05, 0) is 43.2 Å². The lowest BCUT2D eigenvalue weighted by Crippen LogP contribution is -2.43. The minimum atomic E-state index is -1.04. The van der Waals surface area contributed by atoms with Gasteiger partial charge in [-0.25, -0.2) is 9.59 Å². The van der Waals surface area contributed by atoms with E-state index in [1.807, 2.05) is 0 Å². The number of benzene rings is 1. The maximum absolute atomic E-state index is 12.0. The number of urea groups is 1. The van der Waals surface area contributed by atoms with Crippen molar-refractivity contribution in [3.05, 3.63) is 29.3 Å². The van der Waals surface area contributed by atoms with Crippen LogP contribution >= 0.6 is 0 Å². The van der Waals surface area contributed by atoms with Crippen LogP contribution in [0.4, 0.5) is 10.5 Å². The summed E-state index contributed by atoms with van der Waals surface area (Å²) in [4.78, 5) is 23.2. The van der Waals surface area contributed by atoms with Gasteiger partial charge in [-0.1, -0.05) is 25.5 Å². The van der Waals surface area contributed by atoms with E-state index < -0.39 is 5.97 Å². The SMILES string of the molecule is CCC1(CNC(=O)Nc2c(C)cccc2C(=O)O)CCC1. The van der Waals surface area contributed by atoms with E-state index in [1.165, 1.54) is 12.5 Å². The average molecular weight is 290 g/mol. The van der Waals surface area contributed by atoms with Gasteiger partial charge in [0.15, 0.2) is 0 Å². The van der Waals surface area contributed by atoms with Gasteiger partial charge in [-0.2, -0.15) is 0 Å². The lowest BCUT2D eigenvalue weighted by atomic mass is 9.67. The molecule has 0 spiro atoms. The molecule has 0 unspecified atom stereocenters. The molecule has 0 heterocycles. The standard InChI is InChI=1S/C16H22N2O3/c1-3-16(8-5-9-16)10-17-15(21)18-13-11(2)6-4-7-12(13)14(19)20/h4,6-7H,3,5,8-10H2,1-2H3,(H,19,20)(H2,17,18,21). The third kappa shape index (κ3) is 3.35. The molecule has 5 heteroatoms. The molecule has 2 rings (SSSR count). The minimum Gasteiger partial charge on any atom is -0.478 e. The van der Waals surface area contributed by atoms with E-state index >= 15 is 0 Å². The highest BCUT2D eigenvalue weighted by Crippen LogP contribution is 2.43. The molecule has 1 aliphatic carbocycles. The molecule has 5 nitrogen and oxygen atoms in total. The van der Waals surface area contributed by atoms with Crippen LogP contribution in [0.3, 0.4) is 0 Å². The number of rotatable bonds is 5. The molecule has 0 aromatic heterocycles. The number of carboxylic acids is 1.